The fourth-order valence-electron chi connectivity index (χ4n) is 2.97. The molecule has 24 heavy (non-hydrogen) atoms. The molecule has 1 heterocycles. The Kier molecular flexibility index (Phi) is 8.79. The van der Waals surface area contributed by atoms with Crippen LogP contribution in [-0.2, 0) is 14.3 Å². The van der Waals surface area contributed by atoms with Crippen molar-refractivity contribution in [2.45, 2.75) is 39.2 Å². The van der Waals surface area contributed by atoms with E-state index >= 15 is 0 Å². The summed E-state index contributed by atoms with van der Waals surface area (Å²) in [6, 6.07) is 7.48. The minimum atomic E-state index is -0.343. The summed E-state index contributed by atoms with van der Waals surface area (Å²) in [4.78, 5) is 24.4. The molecule has 1 aromatic rings. The minimum Gasteiger partial charge on any atom is -0.466 e. The van der Waals surface area contributed by atoms with E-state index in [9.17, 15) is 9.59 Å². The van der Waals surface area contributed by atoms with Crippen molar-refractivity contribution in [3.63, 3.8) is 0 Å². The van der Waals surface area contributed by atoms with E-state index in [0.717, 1.165) is 30.5 Å². The van der Waals surface area contributed by atoms with Gasteiger partial charge in [0.1, 0.15) is 0 Å². The van der Waals surface area contributed by atoms with Crippen molar-refractivity contribution in [1.82, 2.24) is 10.6 Å². The van der Waals surface area contributed by atoms with Gasteiger partial charge < -0.3 is 15.4 Å². The Bertz CT molecular complexity index is 545. The molecule has 0 bridgehead atoms. The van der Waals surface area contributed by atoms with Crippen molar-refractivity contribution < 1.29 is 14.3 Å². The zero-order valence-corrected chi connectivity index (χ0v) is 15.2. The second-order valence-corrected chi connectivity index (χ2v) is 5.97. The summed E-state index contributed by atoms with van der Waals surface area (Å²) in [5.41, 5.74) is 2.03. The molecule has 2 N–H and O–H groups in total. The first kappa shape index (κ1) is 20.5. The van der Waals surface area contributed by atoms with Gasteiger partial charge in [-0.2, -0.15) is 0 Å². The van der Waals surface area contributed by atoms with Crippen LogP contribution >= 0.6 is 12.4 Å². The van der Waals surface area contributed by atoms with Crippen LogP contribution in [0.15, 0.2) is 24.3 Å². The number of carbonyl (C=O) groups is 2. The number of benzene rings is 1. The molecule has 0 spiro atoms. The molecule has 6 heteroatoms. The van der Waals surface area contributed by atoms with Gasteiger partial charge in [0.15, 0.2) is 0 Å². The predicted octanol–water partition coefficient (Wildman–Crippen LogP) is 2.53. The number of rotatable bonds is 6. The summed E-state index contributed by atoms with van der Waals surface area (Å²) in [5.74, 6) is -0.310. The number of esters is 1. The molecule has 0 aliphatic carbocycles. The van der Waals surface area contributed by atoms with Crippen molar-refractivity contribution in [1.29, 1.82) is 0 Å². The Hall–Kier alpha value is -1.59. The SMILES string of the molecule is CCOC(=O)CC(NC(=O)C1CCCNC1)c1ccccc1C.Cl. The van der Waals surface area contributed by atoms with Gasteiger partial charge in [-0.25, -0.2) is 0 Å². The number of aryl methyl sites for hydroxylation is 1. The van der Waals surface area contributed by atoms with Gasteiger partial charge in [-0.3, -0.25) is 9.59 Å². The summed E-state index contributed by atoms with van der Waals surface area (Å²) in [7, 11) is 0. The average molecular weight is 355 g/mol. The van der Waals surface area contributed by atoms with Crippen LogP contribution in [0.5, 0.6) is 0 Å². The van der Waals surface area contributed by atoms with Crippen LogP contribution in [0.4, 0.5) is 0 Å². The van der Waals surface area contributed by atoms with Gasteiger partial charge in [0.2, 0.25) is 5.91 Å². The van der Waals surface area contributed by atoms with Crippen LogP contribution in [-0.4, -0.2) is 31.6 Å². The van der Waals surface area contributed by atoms with Crippen LogP contribution in [0.2, 0.25) is 0 Å². The highest BCUT2D eigenvalue weighted by atomic mass is 35.5. The van der Waals surface area contributed by atoms with Crippen LogP contribution in [0, 0.1) is 12.8 Å². The lowest BCUT2D eigenvalue weighted by atomic mass is 9.95. The van der Waals surface area contributed by atoms with Crippen molar-refractivity contribution in [2.24, 2.45) is 5.92 Å². The molecule has 1 saturated heterocycles. The van der Waals surface area contributed by atoms with Crippen LogP contribution < -0.4 is 10.6 Å². The first-order chi connectivity index (χ1) is 11.1. The normalized spacial score (nSPS) is 18.2. The Morgan fingerprint density at radius 1 is 1.38 bits per heavy atom. The number of hydrogen-bond acceptors (Lipinski definition) is 4. The van der Waals surface area contributed by atoms with E-state index < -0.39 is 0 Å². The predicted molar refractivity (Wildman–Crippen MR) is 96.2 cm³/mol. The van der Waals surface area contributed by atoms with E-state index in [1.807, 2.05) is 31.2 Å². The Balaban J connectivity index is 0.00000288. The molecule has 0 aromatic heterocycles. The fraction of sp³-hybridized carbons (Fsp3) is 0.556. The lowest BCUT2D eigenvalue weighted by Crippen LogP contribution is -2.42. The third kappa shape index (κ3) is 5.80. The highest BCUT2D eigenvalue weighted by molar-refractivity contribution is 5.85. The number of hydrogen-bond donors (Lipinski definition) is 2. The van der Waals surface area contributed by atoms with E-state index in [2.05, 4.69) is 10.6 Å². The molecule has 0 saturated carbocycles. The molecule has 1 aromatic carbocycles. The molecule has 2 unspecified atom stereocenters. The molecule has 2 atom stereocenters. The summed E-state index contributed by atoms with van der Waals surface area (Å²) in [6.45, 7) is 5.79. The number of ether oxygens (including phenoxy) is 1. The summed E-state index contributed by atoms with van der Waals surface area (Å²) in [5, 5.41) is 6.30. The smallest absolute Gasteiger partial charge is 0.308 e. The highest BCUT2D eigenvalue weighted by Crippen LogP contribution is 2.22. The Labute approximate surface area is 149 Å². The summed E-state index contributed by atoms with van der Waals surface area (Å²) < 4.78 is 5.06. The first-order valence-corrected chi connectivity index (χ1v) is 8.34. The topological polar surface area (TPSA) is 67.4 Å². The van der Waals surface area contributed by atoms with E-state index in [4.69, 9.17) is 4.74 Å². The number of piperidine rings is 1. The van der Waals surface area contributed by atoms with Gasteiger partial charge in [0.05, 0.1) is 25.0 Å². The lowest BCUT2D eigenvalue weighted by Gasteiger charge is -2.26. The largest absolute Gasteiger partial charge is 0.466 e. The van der Waals surface area contributed by atoms with Crippen LogP contribution in [0.1, 0.15) is 43.4 Å². The fourth-order valence-corrected chi connectivity index (χ4v) is 2.97. The van der Waals surface area contributed by atoms with Crippen molar-refractivity contribution in [3.05, 3.63) is 35.4 Å². The number of amides is 1. The molecule has 1 aliphatic rings. The highest BCUT2D eigenvalue weighted by Gasteiger charge is 2.26. The Morgan fingerprint density at radius 3 is 2.75 bits per heavy atom. The van der Waals surface area contributed by atoms with Gasteiger partial charge in [-0.1, -0.05) is 24.3 Å². The van der Waals surface area contributed by atoms with Crippen LogP contribution in [0.3, 0.4) is 0 Å². The van der Waals surface area contributed by atoms with Gasteiger partial charge in [0, 0.05) is 6.54 Å². The summed E-state index contributed by atoms with van der Waals surface area (Å²) in [6.07, 6.45) is 2.05. The maximum absolute atomic E-state index is 12.5. The Morgan fingerprint density at radius 2 is 2.12 bits per heavy atom. The van der Waals surface area contributed by atoms with Gasteiger partial charge in [0.25, 0.3) is 0 Å². The summed E-state index contributed by atoms with van der Waals surface area (Å²) >= 11 is 0. The molecule has 1 fully saturated rings. The van der Waals surface area contributed by atoms with E-state index in [0.29, 0.717) is 13.2 Å². The molecule has 0 radical (unpaired) electrons. The molecular weight excluding hydrogens is 328 g/mol. The number of halogens is 1. The molecule has 5 nitrogen and oxygen atoms in total. The quantitative estimate of drug-likeness (QED) is 0.770. The van der Waals surface area contributed by atoms with E-state index in [1.54, 1.807) is 6.92 Å². The van der Waals surface area contributed by atoms with Crippen LogP contribution in [0.25, 0.3) is 0 Å². The maximum Gasteiger partial charge on any atom is 0.308 e. The number of carbonyl (C=O) groups excluding carboxylic acids is 2. The van der Waals surface area contributed by atoms with E-state index in [1.165, 1.54) is 0 Å². The molecular formula is C18H27ClN2O3. The van der Waals surface area contributed by atoms with E-state index in [-0.39, 0.29) is 42.7 Å². The first-order valence-electron chi connectivity index (χ1n) is 8.34. The number of nitrogens with one attached hydrogen (secondary N) is 2. The van der Waals surface area contributed by atoms with Crippen molar-refractivity contribution >= 4 is 24.3 Å². The van der Waals surface area contributed by atoms with Gasteiger partial charge in [-0.05, 0) is 44.4 Å². The molecule has 2 rings (SSSR count). The maximum atomic E-state index is 12.5. The molecule has 1 amide bonds. The molecule has 134 valence electrons. The van der Waals surface area contributed by atoms with Gasteiger partial charge >= 0.3 is 5.97 Å². The third-order valence-corrected chi connectivity index (χ3v) is 4.22. The monoisotopic (exact) mass is 354 g/mol. The zero-order chi connectivity index (χ0) is 16.7. The average Bonchev–Trinajstić information content (AvgIpc) is 2.55. The third-order valence-electron chi connectivity index (χ3n) is 4.22. The van der Waals surface area contributed by atoms with Gasteiger partial charge in [-0.15, -0.1) is 12.4 Å². The zero-order valence-electron chi connectivity index (χ0n) is 14.3. The standard InChI is InChI=1S/C18H26N2O3.ClH/c1-3-23-17(21)11-16(15-9-5-4-7-13(15)2)20-18(22)14-8-6-10-19-12-14;/h4-5,7,9,14,16,19H,3,6,8,10-12H2,1-2H3,(H,20,22);1H. The van der Waals surface area contributed by atoms with Crippen molar-refractivity contribution in [3.8, 4) is 0 Å². The second kappa shape index (κ2) is 10.3. The van der Waals surface area contributed by atoms with Crippen molar-refractivity contribution in [2.75, 3.05) is 19.7 Å². The molecule has 1 aliphatic heterocycles. The second-order valence-electron chi connectivity index (χ2n) is 5.97. The minimum absolute atomic E-state index is 0. The lowest BCUT2D eigenvalue weighted by molar-refractivity contribution is -0.144.